The Morgan fingerprint density at radius 2 is 1.82 bits per heavy atom. The summed E-state index contributed by atoms with van der Waals surface area (Å²) in [6.07, 6.45) is 0. The number of nitrogens with zero attached hydrogens (tertiary/aromatic N) is 2. The van der Waals surface area contributed by atoms with Crippen molar-refractivity contribution in [2.24, 2.45) is 0 Å². The summed E-state index contributed by atoms with van der Waals surface area (Å²) < 4.78 is 15.6. The summed E-state index contributed by atoms with van der Waals surface area (Å²) in [5, 5.41) is 7.39. The number of methoxy groups -OCH3 is 2. The van der Waals surface area contributed by atoms with Crippen LogP contribution in [-0.4, -0.2) is 54.8 Å². The Labute approximate surface area is 162 Å². The molecule has 0 bridgehead atoms. The monoisotopic (exact) mass is 383 g/mol. The van der Waals surface area contributed by atoms with Crippen LogP contribution < -0.4 is 9.47 Å². The number of carbonyl (C=O) groups excluding carboxylic acids is 2. The Morgan fingerprint density at radius 1 is 1.07 bits per heavy atom. The predicted molar refractivity (Wildman–Crippen MR) is 102 cm³/mol. The quantitative estimate of drug-likeness (QED) is 0.630. The van der Waals surface area contributed by atoms with Crippen molar-refractivity contribution in [3.63, 3.8) is 0 Å². The average molecular weight is 383 g/mol. The summed E-state index contributed by atoms with van der Waals surface area (Å²) in [7, 11) is 4.75. The number of aromatic amines is 1. The van der Waals surface area contributed by atoms with Gasteiger partial charge in [0.25, 0.3) is 5.91 Å². The van der Waals surface area contributed by atoms with Gasteiger partial charge in [-0.2, -0.15) is 5.10 Å². The Morgan fingerprint density at radius 3 is 2.57 bits per heavy atom. The number of carbonyl (C=O) groups is 2. The van der Waals surface area contributed by atoms with Crippen LogP contribution in [-0.2, 0) is 16.1 Å². The number of fused-ring (bicyclic) bond motifs is 1. The number of nitrogens with one attached hydrogen (secondary N) is 1. The van der Waals surface area contributed by atoms with Crippen molar-refractivity contribution in [2.75, 3.05) is 27.9 Å². The van der Waals surface area contributed by atoms with Crippen LogP contribution in [0.2, 0.25) is 0 Å². The first-order chi connectivity index (χ1) is 13.5. The van der Waals surface area contributed by atoms with E-state index in [0.717, 1.165) is 11.1 Å². The van der Waals surface area contributed by atoms with Gasteiger partial charge >= 0.3 is 5.97 Å². The molecule has 0 radical (unpaired) electrons. The second-order valence-electron chi connectivity index (χ2n) is 6.13. The SMILES string of the molecule is COc1ccc(CN(C)C(=O)COC(=O)c2n[nH]c3ccccc23)cc1OC. The van der Waals surface area contributed by atoms with Crippen molar-refractivity contribution >= 4 is 22.8 Å². The minimum absolute atomic E-state index is 0.158. The fourth-order valence-corrected chi connectivity index (χ4v) is 2.77. The standard InChI is InChI=1S/C20H21N3O5/c1-23(11-13-8-9-16(26-2)17(10-13)27-3)18(24)12-28-20(25)19-14-6-4-5-7-15(14)21-22-19/h4-10H,11-12H2,1-3H3,(H,21,22). The Balaban J connectivity index is 1.59. The lowest BCUT2D eigenvalue weighted by molar-refractivity contribution is -0.133. The molecule has 1 N–H and O–H groups in total. The number of esters is 1. The van der Waals surface area contributed by atoms with E-state index in [1.807, 2.05) is 12.1 Å². The molecule has 1 aromatic heterocycles. The molecule has 0 atom stereocenters. The smallest absolute Gasteiger partial charge is 0.359 e. The normalized spacial score (nSPS) is 10.5. The summed E-state index contributed by atoms with van der Waals surface area (Å²) in [6.45, 7) is -0.0358. The van der Waals surface area contributed by atoms with Gasteiger partial charge in [0.1, 0.15) is 0 Å². The second-order valence-corrected chi connectivity index (χ2v) is 6.13. The molecule has 0 unspecified atom stereocenters. The molecule has 2 aromatic carbocycles. The van der Waals surface area contributed by atoms with Crippen molar-refractivity contribution in [1.29, 1.82) is 0 Å². The number of amides is 1. The van der Waals surface area contributed by atoms with Crippen LogP contribution in [0, 0.1) is 0 Å². The molecule has 146 valence electrons. The largest absolute Gasteiger partial charge is 0.493 e. The Hall–Kier alpha value is -3.55. The van der Waals surface area contributed by atoms with Crippen LogP contribution in [0.3, 0.4) is 0 Å². The molecule has 0 spiro atoms. The maximum Gasteiger partial charge on any atom is 0.359 e. The van der Waals surface area contributed by atoms with Gasteiger partial charge in [0.2, 0.25) is 0 Å². The zero-order valence-corrected chi connectivity index (χ0v) is 15.9. The number of hydrogen-bond acceptors (Lipinski definition) is 6. The van der Waals surface area contributed by atoms with Crippen LogP contribution in [0.25, 0.3) is 10.9 Å². The minimum Gasteiger partial charge on any atom is -0.493 e. The highest BCUT2D eigenvalue weighted by molar-refractivity contribution is 6.02. The zero-order valence-electron chi connectivity index (χ0n) is 15.9. The summed E-state index contributed by atoms with van der Waals surface area (Å²) in [5.41, 5.74) is 1.75. The molecule has 0 aliphatic heterocycles. The molecular formula is C20H21N3O5. The lowest BCUT2D eigenvalue weighted by Gasteiger charge is -2.18. The number of H-pyrrole nitrogens is 1. The summed E-state index contributed by atoms with van der Waals surface area (Å²) in [6, 6.07) is 12.6. The van der Waals surface area contributed by atoms with Crippen LogP contribution in [0.1, 0.15) is 16.1 Å². The van der Waals surface area contributed by atoms with E-state index >= 15 is 0 Å². The first-order valence-corrected chi connectivity index (χ1v) is 8.58. The van der Waals surface area contributed by atoms with Crippen molar-refractivity contribution in [3.8, 4) is 11.5 Å². The predicted octanol–water partition coefficient (Wildman–Crippen LogP) is 2.40. The van der Waals surface area contributed by atoms with E-state index in [1.165, 1.54) is 4.90 Å². The van der Waals surface area contributed by atoms with Gasteiger partial charge < -0.3 is 19.1 Å². The lowest BCUT2D eigenvalue weighted by Crippen LogP contribution is -2.30. The third-order valence-electron chi connectivity index (χ3n) is 4.28. The molecule has 3 aromatic rings. The number of likely N-dealkylation sites (N-methyl/N-ethyl adjacent to an activating group) is 1. The van der Waals surface area contributed by atoms with Gasteiger partial charge in [-0.15, -0.1) is 0 Å². The molecule has 0 saturated heterocycles. The van der Waals surface area contributed by atoms with E-state index < -0.39 is 5.97 Å². The maximum absolute atomic E-state index is 12.3. The van der Waals surface area contributed by atoms with Gasteiger partial charge in [-0.05, 0) is 23.8 Å². The van der Waals surface area contributed by atoms with Gasteiger partial charge in [0.05, 0.1) is 19.7 Å². The van der Waals surface area contributed by atoms with E-state index in [-0.39, 0.29) is 18.2 Å². The van der Waals surface area contributed by atoms with Crippen molar-refractivity contribution in [3.05, 3.63) is 53.7 Å². The first-order valence-electron chi connectivity index (χ1n) is 8.58. The maximum atomic E-state index is 12.3. The van der Waals surface area contributed by atoms with E-state index in [4.69, 9.17) is 14.2 Å². The van der Waals surface area contributed by atoms with E-state index in [9.17, 15) is 9.59 Å². The van der Waals surface area contributed by atoms with Crippen molar-refractivity contribution < 1.29 is 23.8 Å². The number of rotatable bonds is 7. The van der Waals surface area contributed by atoms with Crippen LogP contribution in [0.5, 0.6) is 11.5 Å². The molecule has 8 nitrogen and oxygen atoms in total. The Bertz CT molecular complexity index is 998. The summed E-state index contributed by atoms with van der Waals surface area (Å²) in [5.74, 6) is 0.214. The second kappa shape index (κ2) is 8.43. The number of aromatic nitrogens is 2. The number of ether oxygens (including phenoxy) is 3. The number of benzene rings is 2. The minimum atomic E-state index is -0.648. The van der Waals surface area contributed by atoms with Crippen LogP contribution in [0.4, 0.5) is 0 Å². The van der Waals surface area contributed by atoms with Crippen molar-refractivity contribution in [1.82, 2.24) is 15.1 Å². The molecule has 0 aliphatic carbocycles. The van der Waals surface area contributed by atoms with E-state index in [0.29, 0.717) is 23.4 Å². The highest BCUT2D eigenvalue weighted by Crippen LogP contribution is 2.28. The van der Waals surface area contributed by atoms with Gasteiger partial charge in [-0.25, -0.2) is 4.79 Å². The molecular weight excluding hydrogens is 362 g/mol. The molecule has 28 heavy (non-hydrogen) atoms. The molecule has 1 heterocycles. The third kappa shape index (κ3) is 4.06. The molecule has 0 aliphatic rings. The van der Waals surface area contributed by atoms with Gasteiger partial charge in [0.15, 0.2) is 23.8 Å². The van der Waals surface area contributed by atoms with Crippen LogP contribution >= 0.6 is 0 Å². The van der Waals surface area contributed by atoms with Gasteiger partial charge in [-0.1, -0.05) is 24.3 Å². The zero-order chi connectivity index (χ0) is 20.1. The number of hydrogen-bond donors (Lipinski definition) is 1. The topological polar surface area (TPSA) is 93.7 Å². The van der Waals surface area contributed by atoms with E-state index in [1.54, 1.807) is 51.6 Å². The molecule has 0 fully saturated rings. The molecule has 8 heteroatoms. The fraction of sp³-hybridized carbons (Fsp3) is 0.250. The summed E-state index contributed by atoms with van der Waals surface area (Å²) >= 11 is 0. The molecule has 1 amide bonds. The van der Waals surface area contributed by atoms with Gasteiger partial charge in [0, 0.05) is 19.0 Å². The number of para-hydroxylation sites is 1. The third-order valence-corrected chi connectivity index (χ3v) is 4.28. The Kier molecular flexibility index (Phi) is 5.78. The first kappa shape index (κ1) is 19.2. The molecule has 3 rings (SSSR count). The fourth-order valence-electron chi connectivity index (χ4n) is 2.77. The van der Waals surface area contributed by atoms with Crippen molar-refractivity contribution in [2.45, 2.75) is 6.54 Å². The van der Waals surface area contributed by atoms with E-state index in [2.05, 4.69) is 10.2 Å². The molecule has 0 saturated carbocycles. The highest BCUT2D eigenvalue weighted by Gasteiger charge is 2.18. The highest BCUT2D eigenvalue weighted by atomic mass is 16.5. The van der Waals surface area contributed by atoms with Crippen LogP contribution in [0.15, 0.2) is 42.5 Å². The average Bonchev–Trinajstić information content (AvgIpc) is 3.15. The lowest BCUT2D eigenvalue weighted by atomic mass is 10.2. The summed E-state index contributed by atoms with van der Waals surface area (Å²) in [4.78, 5) is 26.0. The van der Waals surface area contributed by atoms with Gasteiger partial charge in [-0.3, -0.25) is 9.89 Å².